The second-order valence-corrected chi connectivity index (χ2v) is 4.61. The standard InChI is InChI=1S/C12H13N3O2S/c1-18-8-4-2-7(3-5-8)9-6-14-11(15-9)10(13)12(16)17/h2-6,10H,13H2,1H3,(H,14,15)(H,16,17). The summed E-state index contributed by atoms with van der Waals surface area (Å²) in [6, 6.07) is 6.78. The minimum Gasteiger partial charge on any atom is -0.480 e. The van der Waals surface area contributed by atoms with Crippen LogP contribution in [0, 0.1) is 0 Å². The second kappa shape index (κ2) is 5.24. The molecule has 1 aromatic carbocycles. The number of thioether (sulfide) groups is 1. The number of carbonyl (C=O) groups is 1. The van der Waals surface area contributed by atoms with Crippen molar-refractivity contribution >= 4 is 17.7 Å². The van der Waals surface area contributed by atoms with Gasteiger partial charge in [-0.25, -0.2) is 4.98 Å². The predicted molar refractivity (Wildman–Crippen MR) is 70.4 cm³/mol. The fourth-order valence-electron chi connectivity index (χ4n) is 1.53. The molecule has 6 heteroatoms. The summed E-state index contributed by atoms with van der Waals surface area (Å²) in [4.78, 5) is 18.8. The van der Waals surface area contributed by atoms with E-state index in [1.807, 2.05) is 30.5 Å². The number of aromatic nitrogens is 2. The van der Waals surface area contributed by atoms with E-state index >= 15 is 0 Å². The van der Waals surface area contributed by atoms with E-state index in [-0.39, 0.29) is 5.82 Å². The van der Waals surface area contributed by atoms with Crippen molar-refractivity contribution in [1.82, 2.24) is 9.97 Å². The summed E-state index contributed by atoms with van der Waals surface area (Å²) in [5, 5.41) is 8.80. The van der Waals surface area contributed by atoms with Gasteiger partial charge in [-0.15, -0.1) is 11.8 Å². The summed E-state index contributed by atoms with van der Waals surface area (Å²) < 4.78 is 0. The van der Waals surface area contributed by atoms with Gasteiger partial charge in [-0.1, -0.05) is 12.1 Å². The number of carboxylic acids is 1. The lowest BCUT2D eigenvalue weighted by molar-refractivity contribution is -0.138. The largest absolute Gasteiger partial charge is 0.480 e. The van der Waals surface area contributed by atoms with Crippen LogP contribution in [0.4, 0.5) is 0 Å². The molecule has 18 heavy (non-hydrogen) atoms. The molecule has 0 aliphatic carbocycles. The minimum absolute atomic E-state index is 0.256. The summed E-state index contributed by atoms with van der Waals surface area (Å²) in [6.45, 7) is 0. The summed E-state index contributed by atoms with van der Waals surface area (Å²) in [5.74, 6) is -0.847. The van der Waals surface area contributed by atoms with E-state index in [1.54, 1.807) is 18.0 Å². The van der Waals surface area contributed by atoms with Crippen molar-refractivity contribution < 1.29 is 9.90 Å². The molecule has 0 amide bonds. The maximum absolute atomic E-state index is 10.7. The van der Waals surface area contributed by atoms with Crippen LogP contribution in [0.5, 0.6) is 0 Å². The van der Waals surface area contributed by atoms with Gasteiger partial charge in [0.05, 0.1) is 11.9 Å². The van der Waals surface area contributed by atoms with Gasteiger partial charge in [-0.3, -0.25) is 4.79 Å². The fraction of sp³-hybridized carbons (Fsp3) is 0.167. The maximum atomic E-state index is 10.7. The summed E-state index contributed by atoms with van der Waals surface area (Å²) in [7, 11) is 0. The minimum atomic E-state index is -1.12. The zero-order chi connectivity index (χ0) is 13.1. The van der Waals surface area contributed by atoms with E-state index in [0.717, 1.165) is 11.3 Å². The Morgan fingerprint density at radius 2 is 2.11 bits per heavy atom. The molecule has 0 bridgehead atoms. The van der Waals surface area contributed by atoms with E-state index in [4.69, 9.17) is 10.8 Å². The topological polar surface area (TPSA) is 92.0 Å². The lowest BCUT2D eigenvalue weighted by Crippen LogP contribution is -2.21. The Hall–Kier alpha value is -1.79. The number of H-pyrrole nitrogens is 1. The Morgan fingerprint density at radius 1 is 1.44 bits per heavy atom. The van der Waals surface area contributed by atoms with Gasteiger partial charge in [-0.05, 0) is 24.0 Å². The van der Waals surface area contributed by atoms with E-state index in [1.165, 1.54) is 4.90 Å². The Labute approximate surface area is 108 Å². The first kappa shape index (κ1) is 12.7. The van der Waals surface area contributed by atoms with Gasteiger partial charge in [0.25, 0.3) is 0 Å². The van der Waals surface area contributed by atoms with Crippen molar-refractivity contribution in [2.45, 2.75) is 10.9 Å². The number of benzene rings is 1. The number of nitrogens with two attached hydrogens (primary N) is 1. The molecule has 0 fully saturated rings. The summed E-state index contributed by atoms with van der Waals surface area (Å²) in [5.41, 5.74) is 7.19. The number of hydrogen-bond acceptors (Lipinski definition) is 4. The normalized spacial score (nSPS) is 12.3. The van der Waals surface area contributed by atoms with Crippen molar-refractivity contribution in [3.05, 3.63) is 36.3 Å². The number of nitrogens with one attached hydrogen (secondary N) is 1. The van der Waals surface area contributed by atoms with Crippen LogP contribution < -0.4 is 5.73 Å². The zero-order valence-corrected chi connectivity index (χ0v) is 10.6. The van der Waals surface area contributed by atoms with Crippen LogP contribution in [0.3, 0.4) is 0 Å². The molecule has 2 rings (SSSR count). The Bertz CT molecular complexity index is 551. The maximum Gasteiger partial charge on any atom is 0.328 e. The molecular formula is C12H13N3O2S. The molecule has 1 heterocycles. The Kier molecular flexibility index (Phi) is 3.69. The van der Waals surface area contributed by atoms with Crippen molar-refractivity contribution in [3.8, 4) is 11.3 Å². The number of carboxylic acid groups (broad SMARTS) is 1. The van der Waals surface area contributed by atoms with E-state index in [9.17, 15) is 4.79 Å². The van der Waals surface area contributed by atoms with E-state index in [0.29, 0.717) is 0 Å². The van der Waals surface area contributed by atoms with E-state index in [2.05, 4.69) is 9.97 Å². The van der Waals surface area contributed by atoms with Crippen LogP contribution in [0.1, 0.15) is 11.9 Å². The number of aliphatic carboxylic acids is 1. The van der Waals surface area contributed by atoms with Crippen molar-refractivity contribution in [2.24, 2.45) is 5.73 Å². The molecule has 5 nitrogen and oxygen atoms in total. The third-order valence-corrected chi connectivity index (χ3v) is 3.30. The molecular weight excluding hydrogens is 250 g/mol. The van der Waals surface area contributed by atoms with Crippen LogP contribution in [-0.2, 0) is 4.79 Å². The lowest BCUT2D eigenvalue weighted by Gasteiger charge is -2.02. The van der Waals surface area contributed by atoms with Crippen LogP contribution >= 0.6 is 11.8 Å². The fourth-order valence-corrected chi connectivity index (χ4v) is 1.94. The first-order valence-electron chi connectivity index (χ1n) is 5.29. The Morgan fingerprint density at radius 3 is 2.67 bits per heavy atom. The third-order valence-electron chi connectivity index (χ3n) is 2.56. The second-order valence-electron chi connectivity index (χ2n) is 3.73. The molecule has 0 radical (unpaired) electrons. The third kappa shape index (κ3) is 2.55. The van der Waals surface area contributed by atoms with Gasteiger partial charge in [0, 0.05) is 4.90 Å². The van der Waals surface area contributed by atoms with Gasteiger partial charge >= 0.3 is 5.97 Å². The molecule has 1 aromatic heterocycles. The number of hydrogen-bond donors (Lipinski definition) is 3. The average molecular weight is 263 g/mol. The van der Waals surface area contributed by atoms with Gasteiger partial charge in [0.2, 0.25) is 0 Å². The highest BCUT2D eigenvalue weighted by Crippen LogP contribution is 2.22. The van der Waals surface area contributed by atoms with Crippen molar-refractivity contribution in [2.75, 3.05) is 6.26 Å². The van der Waals surface area contributed by atoms with Crippen molar-refractivity contribution in [1.29, 1.82) is 0 Å². The number of aromatic amines is 1. The summed E-state index contributed by atoms with van der Waals surface area (Å²) >= 11 is 1.66. The van der Waals surface area contributed by atoms with Crippen LogP contribution in [0.25, 0.3) is 11.3 Å². The van der Waals surface area contributed by atoms with Gasteiger partial charge in [-0.2, -0.15) is 0 Å². The molecule has 4 N–H and O–H groups in total. The van der Waals surface area contributed by atoms with E-state index < -0.39 is 12.0 Å². The van der Waals surface area contributed by atoms with Gasteiger partial charge < -0.3 is 15.8 Å². The highest BCUT2D eigenvalue weighted by atomic mass is 32.2. The zero-order valence-electron chi connectivity index (χ0n) is 9.75. The monoisotopic (exact) mass is 263 g/mol. The van der Waals surface area contributed by atoms with Crippen LogP contribution in [-0.4, -0.2) is 27.3 Å². The first-order valence-corrected chi connectivity index (χ1v) is 6.52. The molecule has 0 spiro atoms. The highest BCUT2D eigenvalue weighted by molar-refractivity contribution is 7.98. The summed E-state index contributed by atoms with van der Waals surface area (Å²) in [6.07, 6.45) is 3.60. The molecule has 1 atom stereocenters. The number of nitrogens with zero attached hydrogens (tertiary/aromatic N) is 1. The van der Waals surface area contributed by atoms with Crippen LogP contribution in [0.2, 0.25) is 0 Å². The lowest BCUT2D eigenvalue weighted by atomic mass is 10.2. The smallest absolute Gasteiger partial charge is 0.328 e. The predicted octanol–water partition coefficient (Wildman–Crippen LogP) is 1.88. The molecule has 1 unspecified atom stereocenters. The molecule has 0 aliphatic rings. The van der Waals surface area contributed by atoms with Gasteiger partial charge in [0.15, 0.2) is 6.04 Å². The molecule has 0 saturated heterocycles. The van der Waals surface area contributed by atoms with Crippen LogP contribution in [0.15, 0.2) is 35.4 Å². The highest BCUT2D eigenvalue weighted by Gasteiger charge is 2.17. The molecule has 2 aromatic rings. The first-order chi connectivity index (χ1) is 8.61. The molecule has 94 valence electrons. The Balaban J connectivity index is 2.26. The molecule has 0 aliphatic heterocycles. The average Bonchev–Trinajstić information content (AvgIpc) is 2.87. The molecule has 0 saturated carbocycles. The quantitative estimate of drug-likeness (QED) is 0.732. The van der Waals surface area contributed by atoms with Gasteiger partial charge in [0.1, 0.15) is 5.82 Å². The van der Waals surface area contributed by atoms with Crippen molar-refractivity contribution in [3.63, 3.8) is 0 Å². The number of imidazole rings is 1. The SMILES string of the molecule is CSc1ccc(-c2cnc(C(N)C(=O)O)[nH]2)cc1. The number of rotatable bonds is 4.